The van der Waals surface area contributed by atoms with Gasteiger partial charge in [0.05, 0.1) is 6.04 Å². The number of carbonyl (C=O) groups excluding carboxylic acids is 1. The second kappa shape index (κ2) is 7.64. The molecular weight excluding hydrogens is 310 g/mol. The molecule has 0 radical (unpaired) electrons. The van der Waals surface area contributed by atoms with Crippen LogP contribution >= 0.6 is 11.8 Å². The number of aromatic nitrogens is 2. The lowest BCUT2D eigenvalue weighted by Gasteiger charge is -2.25. The summed E-state index contributed by atoms with van der Waals surface area (Å²) in [6, 6.07) is 8.45. The van der Waals surface area contributed by atoms with E-state index in [9.17, 15) is 4.79 Å². The molecule has 0 aliphatic carbocycles. The number of hydrogen-bond acceptors (Lipinski definition) is 5. The molecule has 2 heterocycles. The van der Waals surface area contributed by atoms with Crippen LogP contribution in [0.15, 0.2) is 33.7 Å². The summed E-state index contributed by atoms with van der Waals surface area (Å²) in [6.07, 6.45) is 3.60. The van der Waals surface area contributed by atoms with E-state index < -0.39 is 0 Å². The highest BCUT2D eigenvalue weighted by Crippen LogP contribution is 2.35. The maximum atomic E-state index is 12.2. The summed E-state index contributed by atoms with van der Waals surface area (Å²) in [7, 11) is 0. The van der Waals surface area contributed by atoms with Crippen LogP contribution in [-0.4, -0.2) is 21.8 Å². The van der Waals surface area contributed by atoms with Crippen LogP contribution in [0.2, 0.25) is 0 Å². The smallest absolute Gasteiger partial charge is 0.226 e. The topological polar surface area (TPSA) is 68.0 Å². The van der Waals surface area contributed by atoms with Crippen molar-refractivity contribution >= 4 is 17.7 Å². The van der Waals surface area contributed by atoms with Gasteiger partial charge in [0.1, 0.15) is 0 Å². The van der Waals surface area contributed by atoms with Crippen molar-refractivity contribution in [1.29, 1.82) is 0 Å². The number of aryl methyl sites for hydroxylation is 2. The van der Waals surface area contributed by atoms with Crippen LogP contribution in [0.5, 0.6) is 0 Å². The molecule has 0 spiro atoms. The zero-order chi connectivity index (χ0) is 16.1. The molecule has 1 atom stereocenters. The van der Waals surface area contributed by atoms with Crippen LogP contribution < -0.4 is 5.32 Å². The number of hydrogen-bond donors (Lipinski definition) is 1. The third-order valence-corrected chi connectivity index (χ3v) is 5.04. The standard InChI is InChI=1S/C17H21N3O2S/c1-2-15-19-17(22-20-15)9-5-8-16(21)18-13-10-11-23-14-7-4-3-6-12(13)14/h3-4,6-7,13H,2,5,8-11H2,1H3,(H,18,21). The largest absolute Gasteiger partial charge is 0.349 e. The zero-order valence-electron chi connectivity index (χ0n) is 13.2. The van der Waals surface area contributed by atoms with Crippen LogP contribution in [0.1, 0.15) is 49.5 Å². The van der Waals surface area contributed by atoms with Crippen molar-refractivity contribution in [3.8, 4) is 0 Å². The molecule has 1 aliphatic rings. The molecule has 0 fully saturated rings. The van der Waals surface area contributed by atoms with Gasteiger partial charge in [0.25, 0.3) is 0 Å². The average Bonchev–Trinajstić information content (AvgIpc) is 3.03. The molecule has 2 aromatic rings. The summed E-state index contributed by atoms with van der Waals surface area (Å²) in [6.45, 7) is 1.99. The molecule has 0 bridgehead atoms. The van der Waals surface area contributed by atoms with Gasteiger partial charge in [0.15, 0.2) is 5.82 Å². The highest BCUT2D eigenvalue weighted by atomic mass is 32.2. The van der Waals surface area contributed by atoms with Crippen molar-refractivity contribution in [3.05, 3.63) is 41.5 Å². The number of nitrogens with zero attached hydrogens (tertiary/aromatic N) is 2. The first-order valence-electron chi connectivity index (χ1n) is 8.09. The molecular formula is C17H21N3O2S. The third-order valence-electron chi connectivity index (χ3n) is 3.91. The molecule has 3 rings (SSSR count). The van der Waals surface area contributed by atoms with Crippen LogP contribution in [0, 0.1) is 0 Å². The minimum atomic E-state index is 0.0898. The molecule has 5 nitrogen and oxygen atoms in total. The Hall–Kier alpha value is -1.82. The van der Waals surface area contributed by atoms with Crippen molar-refractivity contribution in [2.24, 2.45) is 0 Å². The molecule has 1 aliphatic heterocycles. The minimum absolute atomic E-state index is 0.0898. The van der Waals surface area contributed by atoms with Gasteiger partial charge in [-0.05, 0) is 24.5 Å². The maximum Gasteiger partial charge on any atom is 0.226 e. The van der Waals surface area contributed by atoms with E-state index >= 15 is 0 Å². The van der Waals surface area contributed by atoms with Gasteiger partial charge in [-0.25, -0.2) is 0 Å². The zero-order valence-corrected chi connectivity index (χ0v) is 14.1. The summed E-state index contributed by atoms with van der Waals surface area (Å²) in [5, 5.41) is 7.02. The molecule has 6 heteroatoms. The van der Waals surface area contributed by atoms with Crippen LogP contribution in [0.4, 0.5) is 0 Å². The van der Waals surface area contributed by atoms with E-state index in [-0.39, 0.29) is 11.9 Å². The van der Waals surface area contributed by atoms with Crippen LogP contribution in [-0.2, 0) is 17.6 Å². The minimum Gasteiger partial charge on any atom is -0.349 e. The summed E-state index contributed by atoms with van der Waals surface area (Å²) < 4.78 is 5.14. The quantitative estimate of drug-likeness (QED) is 0.879. The second-order valence-corrected chi connectivity index (χ2v) is 6.74. The summed E-state index contributed by atoms with van der Waals surface area (Å²) >= 11 is 1.86. The molecule has 122 valence electrons. The molecule has 1 aromatic carbocycles. The first-order chi connectivity index (χ1) is 11.3. The van der Waals surface area contributed by atoms with Crippen LogP contribution in [0.25, 0.3) is 0 Å². The van der Waals surface area contributed by atoms with Crippen molar-refractivity contribution in [1.82, 2.24) is 15.5 Å². The van der Waals surface area contributed by atoms with Crippen molar-refractivity contribution in [3.63, 3.8) is 0 Å². The molecule has 1 unspecified atom stereocenters. The van der Waals surface area contributed by atoms with Crippen molar-refractivity contribution < 1.29 is 9.32 Å². The lowest BCUT2D eigenvalue weighted by atomic mass is 10.0. The molecule has 23 heavy (non-hydrogen) atoms. The van der Waals surface area contributed by atoms with E-state index in [0.717, 1.165) is 30.8 Å². The number of benzene rings is 1. The fourth-order valence-corrected chi connectivity index (χ4v) is 3.82. The molecule has 1 N–H and O–H groups in total. The van der Waals surface area contributed by atoms with E-state index in [1.165, 1.54) is 10.5 Å². The molecule has 1 aromatic heterocycles. The fourth-order valence-electron chi connectivity index (χ4n) is 2.69. The predicted molar refractivity (Wildman–Crippen MR) is 89.3 cm³/mol. The number of thioether (sulfide) groups is 1. The Morgan fingerprint density at radius 3 is 3.13 bits per heavy atom. The van der Waals surface area contributed by atoms with Gasteiger partial charge in [-0.1, -0.05) is 30.3 Å². The molecule has 0 saturated heterocycles. The van der Waals surface area contributed by atoms with E-state index in [0.29, 0.717) is 18.7 Å². The lowest BCUT2D eigenvalue weighted by Crippen LogP contribution is -2.30. The van der Waals surface area contributed by atoms with Gasteiger partial charge in [0, 0.05) is 29.9 Å². The number of carbonyl (C=O) groups is 1. The number of nitrogens with one attached hydrogen (secondary N) is 1. The lowest BCUT2D eigenvalue weighted by molar-refractivity contribution is -0.122. The van der Waals surface area contributed by atoms with E-state index in [4.69, 9.17) is 4.52 Å². The van der Waals surface area contributed by atoms with Gasteiger partial charge in [-0.3, -0.25) is 4.79 Å². The fraction of sp³-hybridized carbons (Fsp3) is 0.471. The number of fused-ring (bicyclic) bond motifs is 1. The Morgan fingerprint density at radius 2 is 2.30 bits per heavy atom. The summed E-state index contributed by atoms with van der Waals surface area (Å²) in [4.78, 5) is 17.7. The van der Waals surface area contributed by atoms with E-state index in [1.54, 1.807) is 0 Å². The van der Waals surface area contributed by atoms with E-state index in [1.807, 2.05) is 30.8 Å². The maximum absolute atomic E-state index is 12.2. The Balaban J connectivity index is 1.48. The Morgan fingerprint density at radius 1 is 1.43 bits per heavy atom. The Kier molecular flexibility index (Phi) is 5.33. The molecule has 0 saturated carbocycles. The Labute approximate surface area is 140 Å². The second-order valence-electron chi connectivity index (χ2n) is 5.61. The van der Waals surface area contributed by atoms with Crippen molar-refractivity contribution in [2.75, 3.05) is 5.75 Å². The van der Waals surface area contributed by atoms with Crippen LogP contribution in [0.3, 0.4) is 0 Å². The number of rotatable bonds is 6. The molecule has 1 amide bonds. The van der Waals surface area contributed by atoms with Gasteiger partial charge in [-0.15, -0.1) is 11.8 Å². The normalized spacial score (nSPS) is 16.8. The third kappa shape index (κ3) is 4.13. The van der Waals surface area contributed by atoms with Gasteiger partial charge < -0.3 is 9.84 Å². The first-order valence-corrected chi connectivity index (χ1v) is 9.07. The van der Waals surface area contributed by atoms with Gasteiger partial charge in [-0.2, -0.15) is 4.98 Å². The predicted octanol–water partition coefficient (Wildman–Crippen LogP) is 3.31. The van der Waals surface area contributed by atoms with E-state index in [2.05, 4.69) is 27.6 Å². The van der Waals surface area contributed by atoms with Crippen molar-refractivity contribution in [2.45, 2.75) is 50.0 Å². The average molecular weight is 331 g/mol. The monoisotopic (exact) mass is 331 g/mol. The van der Waals surface area contributed by atoms with Gasteiger partial charge >= 0.3 is 0 Å². The number of amides is 1. The summed E-state index contributed by atoms with van der Waals surface area (Å²) in [5.74, 6) is 2.48. The first kappa shape index (κ1) is 16.1. The van der Waals surface area contributed by atoms with Gasteiger partial charge in [0.2, 0.25) is 11.8 Å². The SMILES string of the molecule is CCc1noc(CCCC(=O)NC2CCSc3ccccc32)n1. The highest BCUT2D eigenvalue weighted by Gasteiger charge is 2.21. The summed E-state index contributed by atoms with van der Waals surface area (Å²) in [5.41, 5.74) is 1.24. The highest BCUT2D eigenvalue weighted by molar-refractivity contribution is 7.99. The Bertz CT molecular complexity index is 671.